The molecule has 0 aliphatic carbocycles. The maximum atomic E-state index is 13.7. The Hall–Kier alpha value is -4.63. The van der Waals surface area contributed by atoms with Gasteiger partial charge < -0.3 is 9.47 Å². The molecule has 0 radical (unpaired) electrons. The van der Waals surface area contributed by atoms with Gasteiger partial charge in [-0.05, 0) is 77.0 Å². The van der Waals surface area contributed by atoms with Crippen molar-refractivity contribution in [3.8, 4) is 11.5 Å². The molecule has 0 aromatic heterocycles. The molecule has 1 fully saturated rings. The van der Waals surface area contributed by atoms with Crippen LogP contribution in [0.25, 0.3) is 16.8 Å². The number of nitrogens with one attached hydrogen (secondary N) is 1. The van der Waals surface area contributed by atoms with Crippen LogP contribution < -0.4 is 19.7 Å². The van der Waals surface area contributed by atoms with Gasteiger partial charge in [0.05, 0.1) is 5.69 Å². The van der Waals surface area contributed by atoms with Crippen molar-refractivity contribution in [1.82, 2.24) is 5.32 Å². The van der Waals surface area contributed by atoms with Gasteiger partial charge in [0.15, 0.2) is 0 Å². The Morgan fingerprint density at radius 2 is 1.56 bits per heavy atom. The highest BCUT2D eigenvalue weighted by molar-refractivity contribution is 9.10. The fourth-order valence-corrected chi connectivity index (χ4v) is 5.55. The lowest BCUT2D eigenvalue weighted by Gasteiger charge is -2.26. The lowest BCUT2D eigenvalue weighted by molar-refractivity contribution is -0.122. The van der Waals surface area contributed by atoms with E-state index in [1.165, 1.54) is 6.08 Å². The van der Waals surface area contributed by atoms with Gasteiger partial charge in [0, 0.05) is 25.6 Å². The highest BCUT2D eigenvalue weighted by Crippen LogP contribution is 2.33. The van der Waals surface area contributed by atoms with Gasteiger partial charge in [0.25, 0.3) is 11.8 Å². The van der Waals surface area contributed by atoms with E-state index >= 15 is 0 Å². The van der Waals surface area contributed by atoms with Crippen molar-refractivity contribution < 1.29 is 23.9 Å². The first kappa shape index (κ1) is 30.4. The molecular formula is C35H23BrCl2N2O5. The number of hydrogen-bond acceptors (Lipinski definition) is 5. The normalized spacial score (nSPS) is 14.2. The van der Waals surface area contributed by atoms with Crippen molar-refractivity contribution in [2.24, 2.45) is 0 Å². The minimum Gasteiger partial charge on any atom is -0.489 e. The number of hydrogen-bond donors (Lipinski definition) is 1. The van der Waals surface area contributed by atoms with E-state index in [1.54, 1.807) is 48.5 Å². The molecule has 7 nitrogen and oxygen atoms in total. The molecule has 0 saturated carbocycles. The Kier molecular flexibility index (Phi) is 8.89. The molecule has 0 bridgehead atoms. The van der Waals surface area contributed by atoms with Gasteiger partial charge in [-0.2, -0.15) is 0 Å². The number of imide groups is 2. The standard InChI is InChI=1S/C35H23BrCl2N2O5/c36-24-9-5-21(6-10-24)19-45-32-16-8-22-3-1-2-4-28(22)29(32)18-30-33(41)39-35(43)40(34(30)42)26-12-14-27(15-13-26)44-20-23-7-11-25(37)17-31(23)38/h1-18H,19-20H2,(H,39,41,43)/b30-18+. The quantitative estimate of drug-likeness (QED) is 0.129. The number of carbonyl (C=O) groups is 3. The number of benzene rings is 5. The summed E-state index contributed by atoms with van der Waals surface area (Å²) in [6.07, 6.45) is 1.48. The second-order valence-corrected chi connectivity index (χ2v) is 11.8. The fourth-order valence-electron chi connectivity index (χ4n) is 4.82. The van der Waals surface area contributed by atoms with Gasteiger partial charge in [-0.3, -0.25) is 14.9 Å². The number of nitrogens with zero attached hydrogens (tertiary/aromatic N) is 1. The summed E-state index contributed by atoms with van der Waals surface area (Å²) in [7, 11) is 0. The Bertz CT molecular complexity index is 1980. The second-order valence-electron chi connectivity index (χ2n) is 10.1. The topological polar surface area (TPSA) is 84.9 Å². The van der Waals surface area contributed by atoms with E-state index in [9.17, 15) is 14.4 Å². The summed E-state index contributed by atoms with van der Waals surface area (Å²) >= 11 is 15.6. The predicted molar refractivity (Wildman–Crippen MR) is 179 cm³/mol. The third-order valence-corrected chi connectivity index (χ3v) is 8.25. The molecule has 5 aromatic rings. The number of carbonyl (C=O) groups excluding carboxylic acids is 3. The van der Waals surface area contributed by atoms with Crippen molar-refractivity contribution >= 4 is 79.5 Å². The largest absolute Gasteiger partial charge is 0.489 e. The van der Waals surface area contributed by atoms with E-state index in [0.29, 0.717) is 27.1 Å². The molecule has 0 spiro atoms. The maximum absolute atomic E-state index is 13.7. The first-order chi connectivity index (χ1) is 21.8. The van der Waals surface area contributed by atoms with E-state index < -0.39 is 17.8 Å². The third-order valence-electron chi connectivity index (χ3n) is 7.13. The minimum absolute atomic E-state index is 0.192. The Morgan fingerprint density at radius 3 is 2.31 bits per heavy atom. The van der Waals surface area contributed by atoms with E-state index in [0.717, 1.165) is 31.3 Å². The lowest BCUT2D eigenvalue weighted by atomic mass is 9.99. The number of fused-ring (bicyclic) bond motifs is 1. The van der Waals surface area contributed by atoms with Crippen LogP contribution in [-0.2, 0) is 22.8 Å². The smallest absolute Gasteiger partial charge is 0.335 e. The van der Waals surface area contributed by atoms with Gasteiger partial charge in [-0.25, -0.2) is 9.69 Å². The molecule has 224 valence electrons. The minimum atomic E-state index is -0.853. The Balaban J connectivity index is 1.28. The van der Waals surface area contributed by atoms with E-state index in [1.807, 2.05) is 54.6 Å². The number of anilines is 1. The summed E-state index contributed by atoms with van der Waals surface area (Å²) in [5.41, 5.74) is 2.28. The van der Waals surface area contributed by atoms with Crippen LogP contribution in [0.3, 0.4) is 0 Å². The van der Waals surface area contributed by atoms with Crippen LogP contribution in [0.15, 0.2) is 113 Å². The predicted octanol–water partition coefficient (Wildman–Crippen LogP) is 8.73. The van der Waals surface area contributed by atoms with Gasteiger partial charge >= 0.3 is 6.03 Å². The summed E-state index contributed by atoms with van der Waals surface area (Å²) in [5, 5.41) is 4.97. The molecule has 45 heavy (non-hydrogen) atoms. The highest BCUT2D eigenvalue weighted by atomic mass is 79.9. The van der Waals surface area contributed by atoms with Crippen LogP contribution in [0.4, 0.5) is 10.5 Å². The van der Waals surface area contributed by atoms with Gasteiger partial charge in [-0.15, -0.1) is 0 Å². The lowest BCUT2D eigenvalue weighted by Crippen LogP contribution is -2.54. The van der Waals surface area contributed by atoms with Crippen LogP contribution in [0, 0.1) is 0 Å². The van der Waals surface area contributed by atoms with Crippen LogP contribution in [0.1, 0.15) is 16.7 Å². The number of rotatable bonds is 8. The molecule has 6 rings (SSSR count). The Labute approximate surface area is 277 Å². The van der Waals surface area contributed by atoms with E-state index in [4.69, 9.17) is 32.7 Å². The summed E-state index contributed by atoms with van der Waals surface area (Å²) in [5.74, 6) is -0.592. The van der Waals surface area contributed by atoms with Crippen molar-refractivity contribution in [1.29, 1.82) is 0 Å². The molecule has 1 heterocycles. The second kappa shape index (κ2) is 13.2. The van der Waals surface area contributed by atoms with Crippen LogP contribution >= 0.6 is 39.1 Å². The zero-order valence-corrected chi connectivity index (χ0v) is 26.5. The molecule has 1 N–H and O–H groups in total. The molecule has 1 aliphatic rings. The summed E-state index contributed by atoms with van der Waals surface area (Å²) in [6, 6.07) is 29.7. The number of barbiturate groups is 1. The average molecular weight is 702 g/mol. The number of urea groups is 1. The molecule has 0 unspecified atom stereocenters. The van der Waals surface area contributed by atoms with Crippen molar-refractivity contribution in [2.45, 2.75) is 13.2 Å². The molecule has 1 aliphatic heterocycles. The van der Waals surface area contributed by atoms with E-state index in [-0.39, 0.29) is 24.5 Å². The van der Waals surface area contributed by atoms with Crippen LogP contribution in [-0.4, -0.2) is 17.8 Å². The average Bonchev–Trinajstić information content (AvgIpc) is 3.03. The van der Waals surface area contributed by atoms with Crippen molar-refractivity contribution in [2.75, 3.05) is 4.90 Å². The first-order valence-corrected chi connectivity index (χ1v) is 15.3. The zero-order chi connectivity index (χ0) is 31.5. The maximum Gasteiger partial charge on any atom is 0.335 e. The van der Waals surface area contributed by atoms with Crippen molar-refractivity contribution in [3.63, 3.8) is 0 Å². The molecule has 1 saturated heterocycles. The molecule has 0 atom stereocenters. The molecule has 5 aromatic carbocycles. The van der Waals surface area contributed by atoms with E-state index in [2.05, 4.69) is 21.2 Å². The highest BCUT2D eigenvalue weighted by Gasteiger charge is 2.37. The molecule has 4 amide bonds. The van der Waals surface area contributed by atoms with Crippen LogP contribution in [0.2, 0.25) is 10.0 Å². The number of ether oxygens (including phenoxy) is 2. The van der Waals surface area contributed by atoms with Gasteiger partial charge in [0.1, 0.15) is 30.3 Å². The van der Waals surface area contributed by atoms with Gasteiger partial charge in [0.2, 0.25) is 0 Å². The fraction of sp³-hybridized carbons (Fsp3) is 0.0571. The SMILES string of the molecule is O=C1NC(=O)N(c2ccc(OCc3ccc(Cl)cc3Cl)cc2)C(=O)/C1=C/c1c(OCc2ccc(Br)cc2)ccc2ccccc12. The summed E-state index contributed by atoms with van der Waals surface area (Å²) in [4.78, 5) is 40.6. The summed E-state index contributed by atoms with van der Waals surface area (Å²) in [6.45, 7) is 0.461. The number of amides is 4. The first-order valence-electron chi connectivity index (χ1n) is 13.7. The zero-order valence-electron chi connectivity index (χ0n) is 23.4. The van der Waals surface area contributed by atoms with Crippen LogP contribution in [0.5, 0.6) is 11.5 Å². The number of halogens is 3. The van der Waals surface area contributed by atoms with Gasteiger partial charge in [-0.1, -0.05) is 87.7 Å². The third kappa shape index (κ3) is 6.73. The molecule has 10 heteroatoms. The monoisotopic (exact) mass is 700 g/mol. The van der Waals surface area contributed by atoms with Crippen molar-refractivity contribution in [3.05, 3.63) is 140 Å². The summed E-state index contributed by atoms with van der Waals surface area (Å²) < 4.78 is 13.0. The Morgan fingerprint density at radius 1 is 0.800 bits per heavy atom. The molecular weight excluding hydrogens is 679 g/mol.